The Morgan fingerprint density at radius 1 is 1.04 bits per heavy atom. The van der Waals surface area contributed by atoms with Gasteiger partial charge < -0.3 is 4.74 Å². The van der Waals surface area contributed by atoms with Crippen LogP contribution in [0.2, 0.25) is 0 Å². The minimum atomic E-state index is 0.778. The number of rotatable bonds is 5. The zero-order valence-corrected chi connectivity index (χ0v) is 16.1. The normalized spacial score (nSPS) is 10.4. The molecule has 3 aromatic rings. The van der Waals surface area contributed by atoms with E-state index in [1.807, 2.05) is 24.5 Å². The molecule has 0 spiro atoms. The fraction of sp³-hybridized carbons (Fsp3) is 0.174. The maximum Gasteiger partial charge on any atom is 0.118 e. The Bertz CT molecular complexity index is 941. The Morgan fingerprint density at radius 2 is 1.73 bits per heavy atom. The molecule has 3 aromatic carbocycles. The van der Waals surface area contributed by atoms with Gasteiger partial charge in [0.1, 0.15) is 11.8 Å². The first-order valence-electron chi connectivity index (χ1n) is 8.46. The summed E-state index contributed by atoms with van der Waals surface area (Å²) in [7, 11) is 1.67. The van der Waals surface area contributed by atoms with Gasteiger partial charge in [0.2, 0.25) is 0 Å². The molecule has 0 atom stereocenters. The van der Waals surface area contributed by atoms with Crippen LogP contribution in [0.1, 0.15) is 22.3 Å². The van der Waals surface area contributed by atoms with Gasteiger partial charge in [-0.3, -0.25) is 0 Å². The number of benzene rings is 3. The SMILES string of the molecule is COc1ccc(-c2cc(SC)c(C#N)c(C)c2Cc2ccccc2)cc1. The highest BCUT2D eigenvalue weighted by molar-refractivity contribution is 7.98. The van der Waals surface area contributed by atoms with E-state index in [-0.39, 0.29) is 0 Å². The summed E-state index contributed by atoms with van der Waals surface area (Å²) >= 11 is 1.62. The van der Waals surface area contributed by atoms with Crippen molar-refractivity contribution < 1.29 is 4.74 Å². The van der Waals surface area contributed by atoms with Crippen LogP contribution in [0.3, 0.4) is 0 Å². The molecule has 130 valence electrons. The topological polar surface area (TPSA) is 33.0 Å². The van der Waals surface area contributed by atoms with Gasteiger partial charge in [-0.1, -0.05) is 42.5 Å². The van der Waals surface area contributed by atoms with Crippen LogP contribution in [0.4, 0.5) is 0 Å². The van der Waals surface area contributed by atoms with Crippen molar-refractivity contribution in [2.24, 2.45) is 0 Å². The molecule has 0 aromatic heterocycles. The molecule has 0 bridgehead atoms. The Morgan fingerprint density at radius 3 is 2.31 bits per heavy atom. The van der Waals surface area contributed by atoms with Gasteiger partial charge in [-0.05, 0) is 65.6 Å². The molecule has 0 amide bonds. The average molecular weight is 359 g/mol. The maximum atomic E-state index is 9.67. The number of hydrogen-bond acceptors (Lipinski definition) is 3. The summed E-state index contributed by atoms with van der Waals surface area (Å²) in [5.74, 6) is 0.841. The Balaban J connectivity index is 2.19. The third kappa shape index (κ3) is 3.61. The largest absolute Gasteiger partial charge is 0.497 e. The zero-order chi connectivity index (χ0) is 18.5. The van der Waals surface area contributed by atoms with E-state index in [4.69, 9.17) is 4.74 Å². The average Bonchev–Trinajstić information content (AvgIpc) is 2.70. The molecule has 2 nitrogen and oxygen atoms in total. The summed E-state index contributed by atoms with van der Waals surface area (Å²) < 4.78 is 5.29. The van der Waals surface area contributed by atoms with Gasteiger partial charge in [0.15, 0.2) is 0 Å². The second kappa shape index (κ2) is 8.12. The molecule has 0 aliphatic rings. The van der Waals surface area contributed by atoms with E-state index in [9.17, 15) is 5.26 Å². The first kappa shape index (κ1) is 18.1. The van der Waals surface area contributed by atoms with E-state index in [1.54, 1.807) is 18.9 Å². The molecular weight excluding hydrogens is 338 g/mol. The Kier molecular flexibility index (Phi) is 5.65. The van der Waals surface area contributed by atoms with Gasteiger partial charge in [0.05, 0.1) is 12.7 Å². The highest BCUT2D eigenvalue weighted by Crippen LogP contribution is 2.36. The van der Waals surface area contributed by atoms with E-state index >= 15 is 0 Å². The number of hydrogen-bond donors (Lipinski definition) is 0. The summed E-state index contributed by atoms with van der Waals surface area (Å²) in [6, 6.07) is 23.1. The van der Waals surface area contributed by atoms with Gasteiger partial charge in [-0.25, -0.2) is 0 Å². The predicted octanol–water partition coefficient (Wildman–Crippen LogP) is 5.86. The van der Waals surface area contributed by atoms with Crippen molar-refractivity contribution in [3.05, 3.63) is 82.9 Å². The summed E-state index contributed by atoms with van der Waals surface area (Å²) in [5.41, 5.74) is 6.61. The highest BCUT2D eigenvalue weighted by Gasteiger charge is 2.16. The van der Waals surface area contributed by atoms with Gasteiger partial charge >= 0.3 is 0 Å². The predicted molar refractivity (Wildman–Crippen MR) is 109 cm³/mol. The van der Waals surface area contributed by atoms with Crippen LogP contribution >= 0.6 is 11.8 Å². The third-order valence-electron chi connectivity index (χ3n) is 4.63. The quantitative estimate of drug-likeness (QED) is 0.535. The second-order valence-corrected chi connectivity index (χ2v) is 6.96. The number of nitrogens with zero attached hydrogens (tertiary/aromatic N) is 1. The van der Waals surface area contributed by atoms with Gasteiger partial charge in [-0.15, -0.1) is 11.8 Å². The van der Waals surface area contributed by atoms with E-state index in [2.05, 4.69) is 55.5 Å². The summed E-state index contributed by atoms with van der Waals surface area (Å²) in [4.78, 5) is 1.02. The molecule has 0 aliphatic heterocycles. The highest BCUT2D eigenvalue weighted by atomic mass is 32.2. The van der Waals surface area contributed by atoms with Crippen LogP contribution in [-0.4, -0.2) is 13.4 Å². The second-order valence-electron chi connectivity index (χ2n) is 6.11. The molecule has 0 aliphatic carbocycles. The smallest absolute Gasteiger partial charge is 0.118 e. The molecule has 0 fully saturated rings. The number of methoxy groups -OCH3 is 1. The lowest BCUT2D eigenvalue weighted by molar-refractivity contribution is 0.415. The summed E-state index contributed by atoms with van der Waals surface area (Å²) in [6.45, 7) is 2.06. The van der Waals surface area contributed by atoms with Crippen LogP contribution in [0.25, 0.3) is 11.1 Å². The van der Waals surface area contributed by atoms with Crippen molar-refractivity contribution in [1.29, 1.82) is 5.26 Å². The lowest BCUT2D eigenvalue weighted by Crippen LogP contribution is -2.01. The number of nitriles is 1. The Hall–Kier alpha value is -2.70. The van der Waals surface area contributed by atoms with Crippen molar-refractivity contribution in [3.63, 3.8) is 0 Å². The van der Waals surface area contributed by atoms with Crippen LogP contribution in [0.5, 0.6) is 5.75 Å². The molecule has 0 unspecified atom stereocenters. The van der Waals surface area contributed by atoms with Crippen molar-refractivity contribution in [3.8, 4) is 22.9 Å². The van der Waals surface area contributed by atoms with Crippen LogP contribution in [0, 0.1) is 18.3 Å². The van der Waals surface area contributed by atoms with Crippen LogP contribution in [-0.2, 0) is 6.42 Å². The lowest BCUT2D eigenvalue weighted by atomic mass is 9.89. The first-order valence-corrected chi connectivity index (χ1v) is 9.69. The standard InChI is InChI=1S/C23H21NOS/c1-16-20(13-17-7-5-4-6-8-17)21(14-23(26-3)22(16)15-24)18-9-11-19(25-2)12-10-18/h4-12,14H,13H2,1-3H3. The Labute approximate surface area is 159 Å². The van der Waals surface area contributed by atoms with Crippen molar-refractivity contribution in [2.75, 3.05) is 13.4 Å². The van der Waals surface area contributed by atoms with E-state index in [0.29, 0.717) is 0 Å². The molecular formula is C23H21NOS. The molecule has 0 saturated carbocycles. The molecule has 0 radical (unpaired) electrons. The molecule has 26 heavy (non-hydrogen) atoms. The van der Waals surface area contributed by atoms with E-state index in [0.717, 1.165) is 33.8 Å². The van der Waals surface area contributed by atoms with Crippen LogP contribution < -0.4 is 4.74 Å². The molecule has 0 saturated heterocycles. The molecule has 3 heteroatoms. The fourth-order valence-corrected chi connectivity index (χ4v) is 3.82. The van der Waals surface area contributed by atoms with Crippen molar-refractivity contribution in [1.82, 2.24) is 0 Å². The third-order valence-corrected chi connectivity index (χ3v) is 5.39. The van der Waals surface area contributed by atoms with Gasteiger partial charge in [0, 0.05) is 4.90 Å². The first-order chi connectivity index (χ1) is 12.7. The van der Waals surface area contributed by atoms with E-state index < -0.39 is 0 Å². The molecule has 0 heterocycles. The molecule has 0 N–H and O–H groups in total. The lowest BCUT2D eigenvalue weighted by Gasteiger charge is -2.17. The minimum absolute atomic E-state index is 0.778. The summed E-state index contributed by atoms with van der Waals surface area (Å²) in [6.07, 6.45) is 2.82. The van der Waals surface area contributed by atoms with Crippen LogP contribution in [0.15, 0.2) is 65.6 Å². The number of ether oxygens (including phenoxy) is 1. The fourth-order valence-electron chi connectivity index (χ4n) is 3.18. The summed E-state index contributed by atoms with van der Waals surface area (Å²) in [5, 5.41) is 9.67. The van der Waals surface area contributed by atoms with Gasteiger partial charge in [-0.2, -0.15) is 5.26 Å². The minimum Gasteiger partial charge on any atom is -0.497 e. The zero-order valence-electron chi connectivity index (χ0n) is 15.2. The maximum absolute atomic E-state index is 9.67. The molecule has 3 rings (SSSR count). The number of thioether (sulfide) groups is 1. The van der Waals surface area contributed by atoms with E-state index in [1.165, 1.54) is 16.7 Å². The monoisotopic (exact) mass is 359 g/mol. The van der Waals surface area contributed by atoms with Crippen molar-refractivity contribution in [2.45, 2.75) is 18.2 Å². The van der Waals surface area contributed by atoms with Crippen molar-refractivity contribution >= 4 is 11.8 Å². The van der Waals surface area contributed by atoms with Gasteiger partial charge in [0.25, 0.3) is 0 Å².